The lowest BCUT2D eigenvalue weighted by molar-refractivity contribution is -0.184. The molecule has 2 aromatic carbocycles. The van der Waals surface area contributed by atoms with Crippen LogP contribution in [0.25, 0.3) is 0 Å². The van der Waals surface area contributed by atoms with Gasteiger partial charge < -0.3 is 18.9 Å². The molecule has 8 nitrogen and oxygen atoms in total. The van der Waals surface area contributed by atoms with E-state index in [9.17, 15) is 14.9 Å². The van der Waals surface area contributed by atoms with Crippen LogP contribution in [0.2, 0.25) is 0 Å². The first-order valence-electron chi connectivity index (χ1n) is 16.2. The molecule has 3 aromatic rings. The van der Waals surface area contributed by atoms with Crippen molar-refractivity contribution < 1.29 is 19.1 Å². The summed E-state index contributed by atoms with van der Waals surface area (Å²) in [4.78, 5) is 31.3. The van der Waals surface area contributed by atoms with Gasteiger partial charge in [-0.3, -0.25) is 9.59 Å². The van der Waals surface area contributed by atoms with Crippen LogP contribution >= 0.6 is 11.9 Å². The maximum absolute atomic E-state index is 14.3. The first-order chi connectivity index (χ1) is 22.1. The number of aromatic nitrogens is 1. The summed E-state index contributed by atoms with van der Waals surface area (Å²) in [6.07, 6.45) is 4.02. The molecule has 0 N–H and O–H groups in total. The van der Waals surface area contributed by atoms with E-state index in [2.05, 4.69) is 33.8 Å². The number of pyridine rings is 1. The number of hydrogen-bond acceptors (Lipinski definition) is 7. The van der Waals surface area contributed by atoms with Crippen LogP contribution in [0.15, 0.2) is 76.2 Å². The number of amides is 1. The number of aryl methyl sites for hydroxylation is 1. The number of nitriles is 1. The van der Waals surface area contributed by atoms with E-state index in [1.807, 2.05) is 48.2 Å². The molecular weight excluding hydrogens is 596 g/mol. The predicted octanol–water partition coefficient (Wildman–Crippen LogP) is 7.39. The van der Waals surface area contributed by atoms with Crippen molar-refractivity contribution in [3.63, 3.8) is 0 Å². The third kappa shape index (κ3) is 10.1. The Balaban J connectivity index is 1.81. The molecule has 1 aliphatic heterocycles. The van der Waals surface area contributed by atoms with Crippen molar-refractivity contribution in [2.45, 2.75) is 77.5 Å². The number of ketones is 1. The minimum absolute atomic E-state index is 0.0671. The van der Waals surface area contributed by atoms with Crippen molar-refractivity contribution >= 4 is 23.6 Å². The highest BCUT2D eigenvalue weighted by molar-refractivity contribution is 7.98. The molecule has 1 amide bonds. The van der Waals surface area contributed by atoms with Crippen molar-refractivity contribution in [2.24, 2.45) is 16.2 Å². The number of ether oxygens (including phenoxy) is 2. The van der Waals surface area contributed by atoms with E-state index in [1.54, 1.807) is 35.0 Å². The van der Waals surface area contributed by atoms with Gasteiger partial charge in [0.05, 0.1) is 30.4 Å². The number of Topliss-reactive ketones (excluding diaryl/α,β-unsaturated/α-hetero) is 1. The van der Waals surface area contributed by atoms with E-state index in [-0.39, 0.29) is 18.1 Å². The van der Waals surface area contributed by atoms with Crippen molar-refractivity contribution in [3.8, 4) is 6.07 Å². The fourth-order valence-corrected chi connectivity index (χ4v) is 5.70. The topological polar surface area (TPSA) is 96.9 Å². The van der Waals surface area contributed by atoms with E-state index in [4.69, 9.17) is 13.9 Å². The Morgan fingerprint density at radius 3 is 2.13 bits per heavy atom. The average Bonchev–Trinajstić information content (AvgIpc) is 3.06. The van der Waals surface area contributed by atoms with Gasteiger partial charge >= 0.3 is 0 Å². The van der Waals surface area contributed by atoms with E-state index < -0.39 is 12.3 Å². The molecule has 1 fully saturated rings. The molecule has 0 bridgehead atoms. The van der Waals surface area contributed by atoms with Gasteiger partial charge in [0.1, 0.15) is 11.5 Å². The second kappa shape index (κ2) is 17.3. The molecule has 1 saturated heterocycles. The number of carbonyl (C=O) groups is 2. The van der Waals surface area contributed by atoms with Gasteiger partial charge in [-0.05, 0) is 74.4 Å². The van der Waals surface area contributed by atoms with Crippen molar-refractivity contribution in [3.05, 3.63) is 94.6 Å². The predicted molar refractivity (Wildman–Crippen MR) is 181 cm³/mol. The third-order valence-electron chi connectivity index (χ3n) is 7.96. The lowest BCUT2D eigenvalue weighted by atomic mass is 9.99. The van der Waals surface area contributed by atoms with Crippen LogP contribution in [-0.2, 0) is 9.47 Å². The Morgan fingerprint density at radius 1 is 0.935 bits per heavy atom. The number of nitrogens with zero attached hydrogens (tertiary/aromatic N) is 4. The maximum atomic E-state index is 14.3. The van der Waals surface area contributed by atoms with E-state index in [1.165, 1.54) is 11.9 Å². The Bertz CT molecular complexity index is 1540. The lowest BCUT2D eigenvalue weighted by Gasteiger charge is -2.29. The normalized spacial score (nSPS) is 14.8. The van der Waals surface area contributed by atoms with Crippen LogP contribution in [0, 0.1) is 30.1 Å². The molecule has 9 heteroatoms. The summed E-state index contributed by atoms with van der Waals surface area (Å²) >= 11 is 1.31. The van der Waals surface area contributed by atoms with Crippen LogP contribution in [-0.4, -0.2) is 53.8 Å². The molecule has 0 aliphatic carbocycles. The number of benzene rings is 2. The first kappa shape index (κ1) is 35.1. The first-order valence-corrected chi connectivity index (χ1v) is 17.0. The van der Waals surface area contributed by atoms with Crippen molar-refractivity contribution in [2.75, 3.05) is 26.3 Å². The fraction of sp³-hybridized carbons (Fsp3) is 0.459. The fourth-order valence-electron chi connectivity index (χ4n) is 5.09. The number of hydrogen-bond donors (Lipinski definition) is 0. The molecule has 0 spiro atoms. The molecule has 2 heterocycles. The average molecular weight is 643 g/mol. The standard InChI is InChI=1S/C37H46N4O4S/c1-26(2)17-19-40(20-18-27(3)4)37(43)31-13-16-34(39-46-32-14-7-28(5)8-15-32)41(25-31)33(23-35-44-21-6-22-45-35)36(42)30-11-9-29(24-38)10-12-30/h7-16,25-27,33,35H,6,17-23H2,1-5H3/b39-34+. The summed E-state index contributed by atoms with van der Waals surface area (Å²) in [6, 6.07) is 19.7. The highest BCUT2D eigenvalue weighted by atomic mass is 32.2. The lowest BCUT2D eigenvalue weighted by Crippen LogP contribution is -2.38. The van der Waals surface area contributed by atoms with E-state index in [0.29, 0.717) is 60.3 Å². The SMILES string of the molecule is Cc1ccc(S/N=c2\ccc(C(=O)N(CCC(C)C)CCC(C)C)cn2C(CC2OCCCO2)C(=O)c2ccc(C#N)cc2)cc1. The number of carbonyl (C=O) groups excluding carboxylic acids is 2. The zero-order chi connectivity index (χ0) is 33.1. The summed E-state index contributed by atoms with van der Waals surface area (Å²) < 4.78 is 18.5. The summed E-state index contributed by atoms with van der Waals surface area (Å²) in [6.45, 7) is 13.1. The third-order valence-corrected chi connectivity index (χ3v) is 8.72. The van der Waals surface area contributed by atoms with Gasteiger partial charge in [-0.15, -0.1) is 0 Å². The smallest absolute Gasteiger partial charge is 0.255 e. The van der Waals surface area contributed by atoms with Crippen LogP contribution in [0.1, 0.15) is 91.3 Å². The van der Waals surface area contributed by atoms with Gasteiger partial charge in [-0.25, -0.2) is 0 Å². The number of rotatable bonds is 14. The minimum atomic E-state index is -0.777. The van der Waals surface area contributed by atoms with Gasteiger partial charge in [-0.2, -0.15) is 9.66 Å². The Kier molecular flexibility index (Phi) is 13.2. The zero-order valence-corrected chi connectivity index (χ0v) is 28.5. The Morgan fingerprint density at radius 2 is 1.54 bits per heavy atom. The Hall–Kier alpha value is -3.71. The molecular formula is C37H46N4O4S. The van der Waals surface area contributed by atoms with Crippen LogP contribution in [0.4, 0.5) is 0 Å². The van der Waals surface area contributed by atoms with Crippen molar-refractivity contribution in [1.82, 2.24) is 9.47 Å². The molecule has 46 heavy (non-hydrogen) atoms. The summed E-state index contributed by atoms with van der Waals surface area (Å²) in [5, 5.41) is 9.32. The second-order valence-corrected chi connectivity index (χ2v) is 13.5. The summed E-state index contributed by atoms with van der Waals surface area (Å²) in [5.74, 6) is 0.681. The van der Waals surface area contributed by atoms with Gasteiger partial charge in [0.15, 0.2) is 12.1 Å². The molecule has 0 radical (unpaired) electrons. The molecule has 1 atom stereocenters. The van der Waals surface area contributed by atoms with Gasteiger partial charge in [0.25, 0.3) is 5.91 Å². The van der Waals surface area contributed by atoms with Gasteiger partial charge in [0.2, 0.25) is 0 Å². The van der Waals surface area contributed by atoms with Crippen LogP contribution in [0.5, 0.6) is 0 Å². The van der Waals surface area contributed by atoms with Crippen LogP contribution in [0.3, 0.4) is 0 Å². The largest absolute Gasteiger partial charge is 0.352 e. The zero-order valence-electron chi connectivity index (χ0n) is 27.6. The van der Waals surface area contributed by atoms with Crippen LogP contribution < -0.4 is 5.49 Å². The summed E-state index contributed by atoms with van der Waals surface area (Å²) in [7, 11) is 0. The van der Waals surface area contributed by atoms with Gasteiger partial charge in [-0.1, -0.05) is 57.5 Å². The van der Waals surface area contributed by atoms with Crippen molar-refractivity contribution in [1.29, 1.82) is 5.26 Å². The molecule has 244 valence electrons. The summed E-state index contributed by atoms with van der Waals surface area (Å²) in [5.41, 5.74) is 3.12. The quantitative estimate of drug-likeness (QED) is 0.134. The second-order valence-electron chi connectivity index (χ2n) is 12.7. The highest BCUT2D eigenvalue weighted by Gasteiger charge is 2.29. The molecule has 1 unspecified atom stereocenters. The minimum Gasteiger partial charge on any atom is -0.352 e. The monoisotopic (exact) mass is 642 g/mol. The molecule has 0 saturated carbocycles. The van der Waals surface area contributed by atoms with Gasteiger partial charge in [0, 0.05) is 48.1 Å². The maximum Gasteiger partial charge on any atom is 0.255 e. The van der Waals surface area contributed by atoms with E-state index in [0.717, 1.165) is 29.7 Å². The molecule has 1 aromatic heterocycles. The highest BCUT2D eigenvalue weighted by Crippen LogP contribution is 2.25. The molecule has 1 aliphatic rings. The Labute approximate surface area is 277 Å². The molecule has 4 rings (SSSR count). The van der Waals surface area contributed by atoms with E-state index >= 15 is 0 Å².